The van der Waals surface area contributed by atoms with Crippen molar-refractivity contribution in [2.45, 2.75) is 51.2 Å². The second kappa shape index (κ2) is 8.55. The topological polar surface area (TPSA) is 76.5 Å². The minimum Gasteiger partial charge on any atom is -0.489 e. The Morgan fingerprint density at radius 2 is 1.97 bits per heavy atom. The molecule has 2 aliphatic carbocycles. The van der Waals surface area contributed by atoms with E-state index >= 15 is 0 Å². The third-order valence-electron chi connectivity index (χ3n) is 7.12. The second-order valence-corrected chi connectivity index (χ2v) is 10.1. The van der Waals surface area contributed by atoms with Gasteiger partial charge >= 0.3 is 0 Å². The number of carbonyl (C=O) groups excluding carboxylic acids is 1. The molecule has 0 radical (unpaired) electrons. The minimum atomic E-state index is -0.167. The van der Waals surface area contributed by atoms with Crippen LogP contribution in [0.15, 0.2) is 47.5 Å². The molecule has 2 saturated carbocycles. The molecule has 1 saturated heterocycles. The number of amides is 1. The summed E-state index contributed by atoms with van der Waals surface area (Å²) in [6, 6.07) is 11.3. The smallest absolute Gasteiger partial charge is 0.265 e. The molecular weight excluding hydrogens is 428 g/mol. The number of fused-ring (bicyclic) bond motifs is 1. The lowest BCUT2D eigenvalue weighted by molar-refractivity contribution is 0.0951. The summed E-state index contributed by atoms with van der Waals surface area (Å²) in [6.45, 7) is 5.14. The lowest BCUT2D eigenvalue weighted by Gasteiger charge is -2.17. The molecule has 0 spiro atoms. The molecule has 6 rings (SSSR count). The van der Waals surface area contributed by atoms with Crippen LogP contribution < -0.4 is 15.6 Å². The van der Waals surface area contributed by atoms with E-state index in [1.807, 2.05) is 31.2 Å². The maximum absolute atomic E-state index is 13.5. The Kier molecular flexibility index (Phi) is 5.37. The van der Waals surface area contributed by atoms with E-state index in [1.165, 1.54) is 24.0 Å². The maximum atomic E-state index is 13.5. The van der Waals surface area contributed by atoms with E-state index in [9.17, 15) is 9.59 Å². The van der Waals surface area contributed by atoms with Crippen molar-refractivity contribution in [1.82, 2.24) is 19.8 Å². The van der Waals surface area contributed by atoms with Gasteiger partial charge in [-0.3, -0.25) is 19.1 Å². The van der Waals surface area contributed by atoms with Gasteiger partial charge < -0.3 is 10.1 Å². The van der Waals surface area contributed by atoms with E-state index < -0.39 is 0 Å². The van der Waals surface area contributed by atoms with Crippen LogP contribution in [-0.4, -0.2) is 52.1 Å². The molecule has 1 aliphatic heterocycles. The lowest BCUT2D eigenvalue weighted by Crippen LogP contribution is -2.27. The number of aromatic nitrogens is 2. The van der Waals surface area contributed by atoms with E-state index in [2.05, 4.69) is 15.2 Å². The van der Waals surface area contributed by atoms with Crippen molar-refractivity contribution in [3.63, 3.8) is 0 Å². The molecule has 7 heteroatoms. The highest BCUT2D eigenvalue weighted by Gasteiger charge is 2.30. The summed E-state index contributed by atoms with van der Waals surface area (Å²) in [4.78, 5) is 33.0. The zero-order valence-electron chi connectivity index (χ0n) is 19.5. The van der Waals surface area contributed by atoms with Gasteiger partial charge in [-0.1, -0.05) is 6.07 Å². The summed E-state index contributed by atoms with van der Waals surface area (Å²) in [6.07, 6.45) is 7.49. The first-order valence-corrected chi connectivity index (χ1v) is 12.4. The number of benzene rings is 2. The van der Waals surface area contributed by atoms with Gasteiger partial charge in [-0.05, 0) is 80.8 Å². The van der Waals surface area contributed by atoms with Gasteiger partial charge in [0.15, 0.2) is 0 Å². The van der Waals surface area contributed by atoms with Gasteiger partial charge in [0.25, 0.3) is 11.5 Å². The van der Waals surface area contributed by atoms with E-state index in [4.69, 9.17) is 4.74 Å². The Morgan fingerprint density at radius 3 is 2.76 bits per heavy atom. The molecular formula is C27H30N4O3. The number of likely N-dealkylation sites (tertiary alicyclic amines) is 1. The number of hydrogen-bond acceptors (Lipinski definition) is 5. The van der Waals surface area contributed by atoms with Crippen molar-refractivity contribution in [2.24, 2.45) is 5.92 Å². The molecule has 1 unspecified atom stereocenters. The van der Waals surface area contributed by atoms with Crippen LogP contribution in [0.4, 0.5) is 0 Å². The first-order chi connectivity index (χ1) is 16.5. The number of ether oxygens (including phenoxy) is 1. The van der Waals surface area contributed by atoms with Crippen LogP contribution in [0.2, 0.25) is 0 Å². The van der Waals surface area contributed by atoms with E-state index in [0.717, 1.165) is 43.8 Å². The van der Waals surface area contributed by atoms with Crippen LogP contribution in [0.5, 0.6) is 5.75 Å². The monoisotopic (exact) mass is 458 g/mol. The minimum absolute atomic E-state index is 0.103. The quantitative estimate of drug-likeness (QED) is 0.587. The number of nitrogens with one attached hydrogen (secondary N) is 1. The highest BCUT2D eigenvalue weighted by molar-refractivity contribution is 5.95. The van der Waals surface area contributed by atoms with Gasteiger partial charge in [0.1, 0.15) is 18.2 Å². The number of hydrogen-bond donors (Lipinski definition) is 1. The van der Waals surface area contributed by atoms with Crippen molar-refractivity contribution in [3.05, 3.63) is 64.2 Å². The molecule has 7 nitrogen and oxygen atoms in total. The van der Waals surface area contributed by atoms with Crippen molar-refractivity contribution in [1.29, 1.82) is 0 Å². The predicted octanol–water partition coefficient (Wildman–Crippen LogP) is 3.45. The van der Waals surface area contributed by atoms with Crippen molar-refractivity contribution < 1.29 is 9.53 Å². The number of carbonyl (C=O) groups is 1. The van der Waals surface area contributed by atoms with Gasteiger partial charge in [0, 0.05) is 31.2 Å². The summed E-state index contributed by atoms with van der Waals surface area (Å²) < 4.78 is 7.79. The number of aryl methyl sites for hydroxylation is 1. The van der Waals surface area contributed by atoms with Gasteiger partial charge in [-0.15, -0.1) is 0 Å². The third kappa shape index (κ3) is 4.44. The van der Waals surface area contributed by atoms with E-state index in [1.54, 1.807) is 18.5 Å². The summed E-state index contributed by atoms with van der Waals surface area (Å²) in [5.74, 6) is 1.48. The summed E-state index contributed by atoms with van der Waals surface area (Å²) >= 11 is 0. The van der Waals surface area contributed by atoms with Crippen LogP contribution in [0.1, 0.15) is 48.0 Å². The van der Waals surface area contributed by atoms with E-state index in [-0.39, 0.29) is 23.6 Å². The van der Waals surface area contributed by atoms with Crippen LogP contribution in [-0.2, 0) is 0 Å². The number of rotatable bonds is 7. The Bertz CT molecular complexity index is 1310. The predicted molar refractivity (Wildman–Crippen MR) is 131 cm³/mol. The zero-order chi connectivity index (χ0) is 23.2. The molecule has 1 atom stereocenters. The Labute approximate surface area is 198 Å². The molecule has 1 amide bonds. The first kappa shape index (κ1) is 21.4. The van der Waals surface area contributed by atoms with Crippen LogP contribution in [0.25, 0.3) is 16.6 Å². The fourth-order valence-corrected chi connectivity index (χ4v) is 4.77. The van der Waals surface area contributed by atoms with Gasteiger partial charge in [-0.25, -0.2) is 4.98 Å². The van der Waals surface area contributed by atoms with Gasteiger partial charge in [0.05, 0.1) is 16.6 Å². The van der Waals surface area contributed by atoms with Crippen LogP contribution >= 0.6 is 0 Å². The average molecular weight is 459 g/mol. The fraction of sp³-hybridized carbons (Fsp3) is 0.444. The molecule has 3 aromatic rings. The first-order valence-electron chi connectivity index (χ1n) is 12.4. The zero-order valence-corrected chi connectivity index (χ0v) is 19.5. The van der Waals surface area contributed by atoms with Gasteiger partial charge in [-0.2, -0.15) is 0 Å². The van der Waals surface area contributed by atoms with Crippen molar-refractivity contribution >= 4 is 16.8 Å². The molecule has 3 fully saturated rings. The molecule has 3 aliphatic rings. The third-order valence-corrected chi connectivity index (χ3v) is 7.12. The highest BCUT2D eigenvalue weighted by Crippen LogP contribution is 2.31. The second-order valence-electron chi connectivity index (χ2n) is 10.1. The van der Waals surface area contributed by atoms with Crippen molar-refractivity contribution in [2.75, 3.05) is 19.6 Å². The molecule has 1 aromatic heterocycles. The molecule has 0 bridgehead atoms. The SMILES string of the molecule is Cc1ccc(C(=O)NC2CC2)cc1-n1cnc2ccc(OC3CCN(CC4CC4)C3)cc2c1=O. The molecule has 2 heterocycles. The average Bonchev–Trinajstić information content (AvgIpc) is 3.76. The maximum Gasteiger partial charge on any atom is 0.265 e. The summed E-state index contributed by atoms with van der Waals surface area (Å²) in [7, 11) is 0. The summed E-state index contributed by atoms with van der Waals surface area (Å²) in [5.41, 5.74) is 2.59. The molecule has 1 N–H and O–H groups in total. The molecule has 176 valence electrons. The number of nitrogens with zero attached hydrogens (tertiary/aromatic N) is 3. The highest BCUT2D eigenvalue weighted by atomic mass is 16.5. The van der Waals surface area contributed by atoms with Crippen molar-refractivity contribution in [3.8, 4) is 11.4 Å². The van der Waals surface area contributed by atoms with Gasteiger partial charge in [0.2, 0.25) is 0 Å². The van der Waals surface area contributed by atoms with E-state index in [0.29, 0.717) is 27.9 Å². The Balaban J connectivity index is 1.27. The molecule has 34 heavy (non-hydrogen) atoms. The summed E-state index contributed by atoms with van der Waals surface area (Å²) in [5, 5.41) is 3.52. The fourth-order valence-electron chi connectivity index (χ4n) is 4.77. The van der Waals surface area contributed by atoms with Crippen LogP contribution in [0.3, 0.4) is 0 Å². The lowest BCUT2D eigenvalue weighted by atomic mass is 10.1. The standard InChI is InChI=1S/C27H30N4O3/c1-17-2-5-19(26(32)29-20-6-7-20)12-25(17)31-16-28-24-9-8-21(13-23(24)27(31)33)34-22-10-11-30(15-22)14-18-3-4-18/h2,5,8-9,12-13,16,18,20,22H,3-4,6-7,10-11,14-15H2,1H3,(H,29,32). The molecule has 2 aromatic carbocycles. The Morgan fingerprint density at radius 1 is 1.12 bits per heavy atom. The normalized spacial score (nSPS) is 20.6. The largest absolute Gasteiger partial charge is 0.489 e. The van der Waals surface area contributed by atoms with Crippen LogP contribution in [0, 0.1) is 12.8 Å². The Hall–Kier alpha value is -3.19.